The van der Waals surface area contributed by atoms with Crippen LogP contribution in [0.15, 0.2) is 24.3 Å². The van der Waals surface area contributed by atoms with Gasteiger partial charge in [0, 0.05) is 5.69 Å². The van der Waals surface area contributed by atoms with Crippen molar-refractivity contribution in [3.8, 4) is 0 Å². The van der Waals surface area contributed by atoms with Gasteiger partial charge in [0.25, 0.3) is 0 Å². The van der Waals surface area contributed by atoms with Crippen LogP contribution in [0.5, 0.6) is 0 Å². The van der Waals surface area contributed by atoms with Crippen molar-refractivity contribution in [1.82, 2.24) is 5.32 Å². The molecule has 0 atom stereocenters. The molecule has 1 aliphatic rings. The Morgan fingerprint density at radius 2 is 1.65 bits per heavy atom. The Labute approximate surface area is 122 Å². The molecule has 1 aromatic carbocycles. The van der Waals surface area contributed by atoms with Gasteiger partial charge in [-0.2, -0.15) is 0 Å². The van der Waals surface area contributed by atoms with Gasteiger partial charge in [-0.1, -0.05) is 45.4 Å². The van der Waals surface area contributed by atoms with Gasteiger partial charge >= 0.3 is 0 Å². The van der Waals surface area contributed by atoms with Gasteiger partial charge in [0.15, 0.2) is 0 Å². The fraction of sp³-hybridized carbons (Fsp3) is 0.588. The van der Waals surface area contributed by atoms with Gasteiger partial charge in [0.2, 0.25) is 5.91 Å². The highest BCUT2D eigenvalue weighted by Crippen LogP contribution is 2.67. The van der Waals surface area contributed by atoms with E-state index in [4.69, 9.17) is 0 Å². The molecule has 0 bridgehead atoms. The summed E-state index contributed by atoms with van der Waals surface area (Å²) in [4.78, 5) is 11.8. The molecule has 1 aromatic rings. The largest absolute Gasteiger partial charge is 0.325 e. The van der Waals surface area contributed by atoms with Gasteiger partial charge in [-0.25, -0.2) is 0 Å². The molecule has 3 nitrogen and oxygen atoms in total. The van der Waals surface area contributed by atoms with Crippen LogP contribution in [0.3, 0.4) is 0 Å². The fourth-order valence-corrected chi connectivity index (χ4v) is 3.02. The molecule has 20 heavy (non-hydrogen) atoms. The van der Waals surface area contributed by atoms with Gasteiger partial charge in [0.1, 0.15) is 0 Å². The van der Waals surface area contributed by atoms with Crippen molar-refractivity contribution in [1.29, 1.82) is 0 Å². The maximum absolute atomic E-state index is 11.8. The van der Waals surface area contributed by atoms with Gasteiger partial charge in [-0.15, -0.1) is 0 Å². The topological polar surface area (TPSA) is 41.1 Å². The van der Waals surface area contributed by atoms with Gasteiger partial charge in [0.05, 0.1) is 6.54 Å². The number of anilines is 1. The normalized spacial score (nSPS) is 19.6. The quantitative estimate of drug-likeness (QED) is 0.865. The maximum atomic E-state index is 11.8. The smallest absolute Gasteiger partial charge is 0.238 e. The minimum atomic E-state index is 0.0186. The maximum Gasteiger partial charge on any atom is 0.238 e. The molecule has 0 aromatic heterocycles. The Morgan fingerprint density at radius 1 is 1.10 bits per heavy atom. The summed E-state index contributed by atoms with van der Waals surface area (Å²) in [5.74, 6) is 0.660. The van der Waals surface area contributed by atoms with Crippen molar-refractivity contribution in [3.05, 3.63) is 29.8 Å². The number of hydrogen-bond donors (Lipinski definition) is 2. The van der Waals surface area contributed by atoms with E-state index >= 15 is 0 Å². The molecule has 110 valence electrons. The number of hydrogen-bond acceptors (Lipinski definition) is 2. The van der Waals surface area contributed by atoms with Crippen LogP contribution in [0.1, 0.15) is 33.3 Å². The lowest BCUT2D eigenvalue weighted by atomic mass is 10.0. The van der Waals surface area contributed by atoms with E-state index in [0.717, 1.165) is 12.2 Å². The third kappa shape index (κ3) is 2.88. The third-order valence-electron chi connectivity index (χ3n) is 5.29. The van der Waals surface area contributed by atoms with Gasteiger partial charge in [-0.3, -0.25) is 4.79 Å². The number of rotatable bonds is 5. The summed E-state index contributed by atoms with van der Waals surface area (Å²) in [6, 6.07) is 7.86. The highest BCUT2D eigenvalue weighted by Gasteiger charge is 2.63. The zero-order valence-corrected chi connectivity index (χ0v) is 13.2. The molecule has 2 N–H and O–H groups in total. The molecule has 1 aliphatic carbocycles. The average Bonchev–Trinajstić information content (AvgIpc) is 2.74. The molecule has 2 rings (SSSR count). The van der Waals surface area contributed by atoms with Crippen molar-refractivity contribution in [2.75, 3.05) is 18.4 Å². The minimum Gasteiger partial charge on any atom is -0.325 e. The number of carbonyl (C=O) groups is 1. The number of nitrogens with one attached hydrogen (secondary N) is 2. The van der Waals surface area contributed by atoms with E-state index in [0.29, 0.717) is 23.3 Å². The summed E-state index contributed by atoms with van der Waals surface area (Å²) in [6.45, 7) is 12.5. The zero-order chi connectivity index (χ0) is 15.0. The molecule has 0 radical (unpaired) electrons. The van der Waals surface area contributed by atoms with Crippen molar-refractivity contribution in [2.45, 2.75) is 34.6 Å². The molecule has 1 fully saturated rings. The van der Waals surface area contributed by atoms with E-state index in [9.17, 15) is 4.79 Å². The molecule has 0 heterocycles. The second kappa shape index (κ2) is 5.21. The van der Waals surface area contributed by atoms with Crippen molar-refractivity contribution >= 4 is 11.6 Å². The second-order valence-corrected chi connectivity index (χ2v) is 7.04. The Bertz CT molecular complexity index is 474. The zero-order valence-electron chi connectivity index (χ0n) is 13.2. The molecule has 0 spiro atoms. The lowest BCUT2D eigenvalue weighted by Crippen LogP contribution is -2.30. The molecule has 3 heteroatoms. The summed E-state index contributed by atoms with van der Waals surface area (Å²) in [7, 11) is 0. The van der Waals surface area contributed by atoms with Crippen LogP contribution in [0.2, 0.25) is 0 Å². The standard InChI is InChI=1S/C17H26N2O/c1-12-6-8-13(9-7-12)19-15(20)11-18-10-14-16(2,3)17(14,4)5/h6-9,14,18H,10-11H2,1-5H3,(H,19,20). The van der Waals surface area contributed by atoms with E-state index in [2.05, 4.69) is 38.3 Å². The van der Waals surface area contributed by atoms with Crippen LogP contribution in [-0.4, -0.2) is 19.0 Å². The van der Waals surface area contributed by atoms with Gasteiger partial charge in [-0.05, 0) is 42.3 Å². The first-order valence-corrected chi connectivity index (χ1v) is 7.32. The molecule has 0 unspecified atom stereocenters. The Hall–Kier alpha value is -1.35. The number of aryl methyl sites for hydroxylation is 1. The first-order valence-electron chi connectivity index (χ1n) is 7.32. The second-order valence-electron chi connectivity index (χ2n) is 7.04. The van der Waals surface area contributed by atoms with Crippen molar-refractivity contribution in [2.24, 2.45) is 16.7 Å². The first-order chi connectivity index (χ1) is 9.25. The highest BCUT2D eigenvalue weighted by molar-refractivity contribution is 5.92. The molecule has 1 amide bonds. The summed E-state index contributed by atoms with van der Waals surface area (Å²) < 4.78 is 0. The lowest BCUT2D eigenvalue weighted by molar-refractivity contribution is -0.115. The Balaban J connectivity index is 1.73. The fourth-order valence-electron chi connectivity index (χ4n) is 3.02. The van der Waals surface area contributed by atoms with E-state index in [1.165, 1.54) is 5.56 Å². The minimum absolute atomic E-state index is 0.0186. The monoisotopic (exact) mass is 274 g/mol. The van der Waals surface area contributed by atoms with Crippen LogP contribution in [0.4, 0.5) is 5.69 Å². The summed E-state index contributed by atoms with van der Waals surface area (Å²) in [5, 5.41) is 6.18. The van der Waals surface area contributed by atoms with Crippen molar-refractivity contribution < 1.29 is 4.79 Å². The van der Waals surface area contributed by atoms with Crippen molar-refractivity contribution in [3.63, 3.8) is 0 Å². The summed E-state index contributed by atoms with van der Waals surface area (Å²) >= 11 is 0. The molecular weight excluding hydrogens is 248 g/mol. The van der Waals surface area contributed by atoms with Crippen LogP contribution >= 0.6 is 0 Å². The summed E-state index contributed by atoms with van der Waals surface area (Å²) in [6.07, 6.45) is 0. The SMILES string of the molecule is Cc1ccc(NC(=O)CNCC2C(C)(C)C2(C)C)cc1. The molecular formula is C17H26N2O. The van der Waals surface area contributed by atoms with Gasteiger partial charge < -0.3 is 10.6 Å². The first kappa shape index (κ1) is 15.0. The van der Waals surface area contributed by atoms with Crippen LogP contribution in [0.25, 0.3) is 0 Å². The Kier molecular flexibility index (Phi) is 3.92. The van der Waals surface area contributed by atoms with E-state index in [-0.39, 0.29) is 5.91 Å². The average molecular weight is 274 g/mol. The van der Waals surface area contributed by atoms with Crippen LogP contribution in [0, 0.1) is 23.7 Å². The van der Waals surface area contributed by atoms with Crippen LogP contribution in [-0.2, 0) is 4.79 Å². The molecule has 0 aliphatic heterocycles. The highest BCUT2D eigenvalue weighted by atomic mass is 16.1. The van der Waals surface area contributed by atoms with E-state index in [1.54, 1.807) is 0 Å². The lowest BCUT2D eigenvalue weighted by Gasteiger charge is -2.08. The molecule has 0 saturated heterocycles. The number of amides is 1. The summed E-state index contributed by atoms with van der Waals surface area (Å²) in [5.41, 5.74) is 2.79. The molecule has 1 saturated carbocycles. The number of carbonyl (C=O) groups excluding carboxylic acids is 1. The Morgan fingerprint density at radius 3 is 2.15 bits per heavy atom. The predicted molar refractivity (Wildman–Crippen MR) is 83.7 cm³/mol. The third-order valence-corrected chi connectivity index (χ3v) is 5.29. The predicted octanol–water partition coefficient (Wildman–Crippen LogP) is 3.21. The van der Waals surface area contributed by atoms with Crippen LogP contribution < -0.4 is 10.6 Å². The van der Waals surface area contributed by atoms with E-state index in [1.807, 2.05) is 31.2 Å². The van der Waals surface area contributed by atoms with E-state index < -0.39 is 0 Å². The number of benzene rings is 1.